The fraction of sp³-hybridized carbons (Fsp3) is 0.556. The van der Waals surface area contributed by atoms with Crippen LogP contribution in [0.15, 0.2) is 24.0 Å². The molecule has 2 rings (SSSR count). The van der Waals surface area contributed by atoms with Gasteiger partial charge in [0.2, 0.25) is 0 Å². The molecule has 2 aliphatic rings. The van der Waals surface area contributed by atoms with Gasteiger partial charge in [0.15, 0.2) is 0 Å². The summed E-state index contributed by atoms with van der Waals surface area (Å²) in [4.78, 5) is 0. The average Bonchev–Trinajstić information content (AvgIpc) is 2.74. The molecule has 0 heterocycles. The van der Waals surface area contributed by atoms with Crippen LogP contribution in [0.4, 0.5) is 0 Å². The first-order valence-electron chi connectivity index (χ1n) is 3.97. The van der Waals surface area contributed by atoms with Crippen molar-refractivity contribution in [2.24, 2.45) is 0 Å². The summed E-state index contributed by atoms with van der Waals surface area (Å²) in [5.74, 6) is 1.19. The number of ether oxygens (including phenoxy) is 1. The summed E-state index contributed by atoms with van der Waals surface area (Å²) in [6.07, 6.45) is 11.7. The lowest BCUT2D eigenvalue weighted by atomic mass is 10.2. The molecule has 0 saturated heterocycles. The highest BCUT2D eigenvalue weighted by Crippen LogP contribution is 2.28. The van der Waals surface area contributed by atoms with E-state index in [4.69, 9.17) is 4.74 Å². The van der Waals surface area contributed by atoms with E-state index in [0.29, 0.717) is 6.10 Å². The topological polar surface area (TPSA) is 9.23 Å². The van der Waals surface area contributed by atoms with Crippen LogP contribution in [-0.4, -0.2) is 6.10 Å². The molecule has 0 amide bonds. The summed E-state index contributed by atoms with van der Waals surface area (Å²) >= 11 is 0. The third-order valence-corrected chi connectivity index (χ3v) is 1.82. The highest BCUT2D eigenvalue weighted by atomic mass is 16.5. The van der Waals surface area contributed by atoms with Gasteiger partial charge in [-0.1, -0.05) is 12.2 Å². The zero-order valence-electron chi connectivity index (χ0n) is 6.05. The second-order valence-electron chi connectivity index (χ2n) is 2.92. The molecule has 54 valence electrons. The lowest BCUT2D eigenvalue weighted by Crippen LogP contribution is -1.95. The minimum atomic E-state index is 0.567. The van der Waals surface area contributed by atoms with Crippen molar-refractivity contribution < 1.29 is 4.74 Å². The van der Waals surface area contributed by atoms with Gasteiger partial charge in [-0.25, -0.2) is 0 Å². The maximum Gasteiger partial charge on any atom is 0.0985 e. The molecule has 0 radical (unpaired) electrons. The standard InChI is InChI=1S/C9H12O/c1-2-4-8(5-3-1)10-9-6-7-9/h1-2,4,9H,3,5-7H2. The van der Waals surface area contributed by atoms with E-state index in [9.17, 15) is 0 Å². The minimum absolute atomic E-state index is 0.567. The van der Waals surface area contributed by atoms with Crippen molar-refractivity contribution in [2.45, 2.75) is 31.8 Å². The van der Waals surface area contributed by atoms with E-state index >= 15 is 0 Å². The smallest absolute Gasteiger partial charge is 0.0985 e. The van der Waals surface area contributed by atoms with Crippen LogP contribution in [0.2, 0.25) is 0 Å². The molecule has 0 unspecified atom stereocenters. The fourth-order valence-corrected chi connectivity index (χ4v) is 1.08. The Balaban J connectivity index is 1.89. The van der Waals surface area contributed by atoms with E-state index in [-0.39, 0.29) is 0 Å². The molecule has 0 N–H and O–H groups in total. The third-order valence-electron chi connectivity index (χ3n) is 1.82. The third kappa shape index (κ3) is 1.41. The van der Waals surface area contributed by atoms with Gasteiger partial charge in [-0.3, -0.25) is 0 Å². The van der Waals surface area contributed by atoms with Crippen LogP contribution in [-0.2, 0) is 4.74 Å². The van der Waals surface area contributed by atoms with Gasteiger partial charge in [0.05, 0.1) is 11.9 Å². The molecule has 0 aromatic carbocycles. The highest BCUT2D eigenvalue weighted by molar-refractivity contribution is 5.13. The molecule has 1 heteroatoms. The maximum absolute atomic E-state index is 5.61. The molecule has 0 aromatic heterocycles. The van der Waals surface area contributed by atoms with Gasteiger partial charge in [-0.2, -0.15) is 0 Å². The molecular formula is C9H12O. The second kappa shape index (κ2) is 2.49. The number of hydrogen-bond donors (Lipinski definition) is 0. The molecule has 1 saturated carbocycles. The highest BCUT2D eigenvalue weighted by Gasteiger charge is 2.24. The summed E-state index contributed by atoms with van der Waals surface area (Å²) in [6.45, 7) is 0. The Hall–Kier alpha value is -0.720. The first-order valence-corrected chi connectivity index (χ1v) is 3.97. The Kier molecular flexibility index (Phi) is 1.50. The van der Waals surface area contributed by atoms with Gasteiger partial charge in [0.1, 0.15) is 0 Å². The van der Waals surface area contributed by atoms with E-state index in [2.05, 4.69) is 18.2 Å². The average molecular weight is 136 g/mol. The van der Waals surface area contributed by atoms with Crippen LogP contribution < -0.4 is 0 Å². The first-order chi connectivity index (χ1) is 4.95. The van der Waals surface area contributed by atoms with Crippen LogP contribution in [0.1, 0.15) is 25.7 Å². The monoisotopic (exact) mass is 136 g/mol. The van der Waals surface area contributed by atoms with Crippen molar-refractivity contribution in [1.29, 1.82) is 0 Å². The van der Waals surface area contributed by atoms with Crippen molar-refractivity contribution in [3.8, 4) is 0 Å². The summed E-state index contributed by atoms with van der Waals surface area (Å²) in [5.41, 5.74) is 0. The molecule has 0 bridgehead atoms. The van der Waals surface area contributed by atoms with Crippen molar-refractivity contribution >= 4 is 0 Å². The molecule has 1 fully saturated rings. The summed E-state index contributed by atoms with van der Waals surface area (Å²) < 4.78 is 5.61. The molecule has 2 aliphatic carbocycles. The fourth-order valence-electron chi connectivity index (χ4n) is 1.08. The number of hydrogen-bond acceptors (Lipinski definition) is 1. The Bertz CT molecular complexity index is 175. The van der Waals surface area contributed by atoms with Crippen LogP contribution >= 0.6 is 0 Å². The van der Waals surface area contributed by atoms with Crippen molar-refractivity contribution in [3.63, 3.8) is 0 Å². The number of rotatable bonds is 2. The normalized spacial score (nSPS) is 24.2. The summed E-state index contributed by atoms with van der Waals surface area (Å²) in [7, 11) is 0. The van der Waals surface area contributed by atoms with Gasteiger partial charge in [0, 0.05) is 6.42 Å². The molecule has 10 heavy (non-hydrogen) atoms. The van der Waals surface area contributed by atoms with E-state index in [1.54, 1.807) is 0 Å². The Morgan fingerprint density at radius 3 is 2.90 bits per heavy atom. The van der Waals surface area contributed by atoms with Crippen LogP contribution in [0.3, 0.4) is 0 Å². The molecule has 0 aromatic rings. The Labute approximate surface area is 61.4 Å². The molecule has 0 spiro atoms. The second-order valence-corrected chi connectivity index (χ2v) is 2.92. The SMILES string of the molecule is C1=CCCC(OC2CC2)=C1. The van der Waals surface area contributed by atoms with E-state index < -0.39 is 0 Å². The van der Waals surface area contributed by atoms with Gasteiger partial charge in [-0.05, 0) is 25.3 Å². The zero-order valence-corrected chi connectivity index (χ0v) is 6.05. The van der Waals surface area contributed by atoms with Crippen LogP contribution in [0.5, 0.6) is 0 Å². The molecule has 1 nitrogen and oxygen atoms in total. The van der Waals surface area contributed by atoms with E-state index in [0.717, 1.165) is 12.8 Å². The minimum Gasteiger partial charge on any atom is -0.495 e. The number of allylic oxidation sites excluding steroid dienone is 4. The summed E-state index contributed by atoms with van der Waals surface area (Å²) in [5, 5.41) is 0. The lowest BCUT2D eigenvalue weighted by Gasteiger charge is -2.09. The lowest BCUT2D eigenvalue weighted by molar-refractivity contribution is 0.187. The maximum atomic E-state index is 5.61. The Morgan fingerprint density at radius 1 is 1.40 bits per heavy atom. The van der Waals surface area contributed by atoms with Crippen LogP contribution in [0, 0.1) is 0 Å². The van der Waals surface area contributed by atoms with Crippen molar-refractivity contribution in [3.05, 3.63) is 24.0 Å². The quantitative estimate of drug-likeness (QED) is 0.566. The summed E-state index contributed by atoms with van der Waals surface area (Å²) in [6, 6.07) is 0. The predicted molar refractivity (Wildman–Crippen MR) is 40.6 cm³/mol. The first kappa shape index (κ1) is 6.02. The van der Waals surface area contributed by atoms with Gasteiger partial charge in [0.25, 0.3) is 0 Å². The predicted octanol–water partition coefficient (Wildman–Crippen LogP) is 2.40. The van der Waals surface area contributed by atoms with Gasteiger partial charge >= 0.3 is 0 Å². The van der Waals surface area contributed by atoms with Crippen molar-refractivity contribution in [2.75, 3.05) is 0 Å². The molecule has 0 atom stereocenters. The van der Waals surface area contributed by atoms with Crippen molar-refractivity contribution in [1.82, 2.24) is 0 Å². The molecular weight excluding hydrogens is 124 g/mol. The van der Waals surface area contributed by atoms with Gasteiger partial charge in [-0.15, -0.1) is 0 Å². The Morgan fingerprint density at radius 2 is 2.30 bits per heavy atom. The van der Waals surface area contributed by atoms with E-state index in [1.165, 1.54) is 18.6 Å². The zero-order chi connectivity index (χ0) is 6.81. The largest absolute Gasteiger partial charge is 0.495 e. The van der Waals surface area contributed by atoms with Crippen LogP contribution in [0.25, 0.3) is 0 Å². The molecule has 0 aliphatic heterocycles. The van der Waals surface area contributed by atoms with E-state index in [1.807, 2.05) is 0 Å². The van der Waals surface area contributed by atoms with Gasteiger partial charge < -0.3 is 4.74 Å².